The van der Waals surface area contributed by atoms with E-state index in [2.05, 4.69) is 23.3 Å². The fourth-order valence-electron chi connectivity index (χ4n) is 3.53. The van der Waals surface area contributed by atoms with E-state index in [1.807, 2.05) is 72.8 Å². The maximum absolute atomic E-state index is 6.16. The molecule has 0 aliphatic rings. The molecule has 0 atom stereocenters. The summed E-state index contributed by atoms with van der Waals surface area (Å²) in [7, 11) is 0. The zero-order valence-electron chi connectivity index (χ0n) is 17.0. The molecule has 0 spiro atoms. The number of hydrogen-bond donors (Lipinski definition) is 0. The van der Waals surface area contributed by atoms with Gasteiger partial charge in [-0.3, -0.25) is 0 Å². The Bertz CT molecular complexity index is 1100. The summed E-state index contributed by atoms with van der Waals surface area (Å²) >= 11 is 0. The lowest BCUT2D eigenvalue weighted by atomic mass is 10.1. The quantitative estimate of drug-likeness (QED) is 0.250. The van der Waals surface area contributed by atoms with E-state index in [1.54, 1.807) is 0 Å². The fraction of sp³-hybridized carbons (Fsp3) is 0.192. The van der Waals surface area contributed by atoms with Crippen molar-refractivity contribution in [1.29, 1.82) is 0 Å². The van der Waals surface area contributed by atoms with E-state index >= 15 is 0 Å². The van der Waals surface area contributed by atoms with Crippen LogP contribution in [0.1, 0.15) is 17.8 Å². The van der Waals surface area contributed by atoms with Crippen LogP contribution in [0.15, 0.2) is 91.5 Å². The Morgan fingerprint density at radius 2 is 1.63 bits per heavy atom. The van der Waals surface area contributed by atoms with E-state index in [0.717, 1.165) is 53.3 Å². The van der Waals surface area contributed by atoms with Crippen molar-refractivity contribution in [2.75, 3.05) is 6.61 Å². The molecule has 1 aromatic heterocycles. The number of aromatic nitrogens is 2. The molecule has 30 heavy (non-hydrogen) atoms. The van der Waals surface area contributed by atoms with Crippen LogP contribution in [0.2, 0.25) is 0 Å². The van der Waals surface area contributed by atoms with Gasteiger partial charge in [-0.05, 0) is 48.7 Å². The third-order valence-corrected chi connectivity index (χ3v) is 4.97. The molecule has 0 amide bonds. The van der Waals surface area contributed by atoms with Crippen LogP contribution in [0.25, 0.3) is 11.0 Å². The number of aryl methyl sites for hydroxylation is 1. The van der Waals surface area contributed by atoms with E-state index in [9.17, 15) is 0 Å². The standard InChI is InChI=1S/C26H26N2O2/c1-2-11-21-12-6-9-17-25(21)30-20-26-27-23-15-7-8-16-24(23)28(26)18-10-19-29-22-13-4-3-5-14-22/h2-9,12-17H,1,10-11,18-20H2. The molecular formula is C26H26N2O2. The van der Waals surface area contributed by atoms with Crippen molar-refractivity contribution >= 4 is 11.0 Å². The number of rotatable bonds is 10. The molecule has 0 aliphatic carbocycles. The van der Waals surface area contributed by atoms with Crippen LogP contribution in [0.5, 0.6) is 11.5 Å². The lowest BCUT2D eigenvalue weighted by molar-refractivity contribution is 0.279. The topological polar surface area (TPSA) is 36.3 Å². The van der Waals surface area contributed by atoms with Crippen molar-refractivity contribution in [2.45, 2.75) is 26.0 Å². The first-order valence-electron chi connectivity index (χ1n) is 10.3. The molecule has 152 valence electrons. The average Bonchev–Trinajstić information content (AvgIpc) is 3.14. The lowest BCUT2D eigenvalue weighted by Gasteiger charge is -2.13. The van der Waals surface area contributed by atoms with Gasteiger partial charge >= 0.3 is 0 Å². The van der Waals surface area contributed by atoms with Crippen LogP contribution >= 0.6 is 0 Å². The number of imidazole rings is 1. The fourth-order valence-corrected chi connectivity index (χ4v) is 3.53. The van der Waals surface area contributed by atoms with E-state index in [4.69, 9.17) is 14.5 Å². The summed E-state index contributed by atoms with van der Waals surface area (Å²) in [6.45, 7) is 5.73. The second kappa shape index (κ2) is 9.79. The van der Waals surface area contributed by atoms with Crippen LogP contribution < -0.4 is 9.47 Å². The predicted molar refractivity (Wildman–Crippen MR) is 121 cm³/mol. The highest BCUT2D eigenvalue weighted by molar-refractivity contribution is 5.75. The first-order valence-corrected chi connectivity index (χ1v) is 10.3. The molecule has 4 heteroatoms. The minimum atomic E-state index is 0.419. The van der Waals surface area contributed by atoms with Gasteiger partial charge in [0.1, 0.15) is 23.9 Å². The monoisotopic (exact) mass is 398 g/mol. The second-order valence-corrected chi connectivity index (χ2v) is 7.07. The third kappa shape index (κ3) is 4.71. The van der Waals surface area contributed by atoms with Gasteiger partial charge < -0.3 is 14.0 Å². The molecular weight excluding hydrogens is 372 g/mol. The number of benzene rings is 3. The van der Waals surface area contributed by atoms with Crippen LogP contribution in [0, 0.1) is 0 Å². The number of hydrogen-bond acceptors (Lipinski definition) is 3. The molecule has 0 radical (unpaired) electrons. The Morgan fingerprint density at radius 1 is 0.867 bits per heavy atom. The Balaban J connectivity index is 1.47. The smallest absolute Gasteiger partial charge is 0.148 e. The molecule has 0 fully saturated rings. The molecule has 0 bridgehead atoms. The average molecular weight is 399 g/mol. The van der Waals surface area contributed by atoms with Gasteiger partial charge in [0.15, 0.2) is 0 Å². The minimum absolute atomic E-state index is 0.419. The number of allylic oxidation sites excluding steroid dienone is 1. The maximum Gasteiger partial charge on any atom is 0.148 e. The van der Waals surface area contributed by atoms with Gasteiger partial charge in [-0.25, -0.2) is 4.98 Å². The normalized spacial score (nSPS) is 10.8. The highest BCUT2D eigenvalue weighted by atomic mass is 16.5. The van der Waals surface area contributed by atoms with Gasteiger partial charge in [0.25, 0.3) is 0 Å². The van der Waals surface area contributed by atoms with Crippen molar-refractivity contribution in [1.82, 2.24) is 9.55 Å². The van der Waals surface area contributed by atoms with Gasteiger partial charge in [0.2, 0.25) is 0 Å². The summed E-state index contributed by atoms with van der Waals surface area (Å²) in [4.78, 5) is 4.82. The number of nitrogens with zero attached hydrogens (tertiary/aromatic N) is 2. The van der Waals surface area contributed by atoms with Gasteiger partial charge in [-0.15, -0.1) is 6.58 Å². The Labute approximate surface area is 177 Å². The molecule has 0 N–H and O–H groups in total. The zero-order valence-corrected chi connectivity index (χ0v) is 17.0. The SMILES string of the molecule is C=CCc1ccccc1OCc1nc2ccccc2n1CCCOc1ccccc1. The summed E-state index contributed by atoms with van der Waals surface area (Å²) in [5.41, 5.74) is 3.24. The van der Waals surface area contributed by atoms with E-state index < -0.39 is 0 Å². The van der Waals surface area contributed by atoms with Gasteiger partial charge in [0, 0.05) is 6.54 Å². The second-order valence-electron chi connectivity index (χ2n) is 7.07. The highest BCUT2D eigenvalue weighted by Crippen LogP contribution is 2.22. The molecule has 4 aromatic rings. The van der Waals surface area contributed by atoms with Crippen LogP contribution in [-0.4, -0.2) is 16.2 Å². The van der Waals surface area contributed by atoms with Crippen LogP contribution in [0.3, 0.4) is 0 Å². The lowest BCUT2D eigenvalue weighted by Crippen LogP contribution is -2.10. The molecule has 0 unspecified atom stereocenters. The summed E-state index contributed by atoms with van der Waals surface area (Å²) in [6, 6.07) is 26.2. The number of para-hydroxylation sites is 4. The third-order valence-electron chi connectivity index (χ3n) is 4.97. The summed E-state index contributed by atoms with van der Waals surface area (Å²) < 4.78 is 14.2. The largest absolute Gasteiger partial charge is 0.494 e. The number of ether oxygens (including phenoxy) is 2. The van der Waals surface area contributed by atoms with Crippen LogP contribution in [0.4, 0.5) is 0 Å². The van der Waals surface area contributed by atoms with Crippen molar-refractivity contribution in [3.63, 3.8) is 0 Å². The van der Waals surface area contributed by atoms with Gasteiger partial charge in [-0.1, -0.05) is 54.6 Å². The van der Waals surface area contributed by atoms with E-state index in [0.29, 0.717) is 13.2 Å². The first kappa shape index (κ1) is 19.8. The van der Waals surface area contributed by atoms with Crippen molar-refractivity contribution in [3.8, 4) is 11.5 Å². The Morgan fingerprint density at radius 3 is 2.50 bits per heavy atom. The molecule has 1 heterocycles. The highest BCUT2D eigenvalue weighted by Gasteiger charge is 2.12. The van der Waals surface area contributed by atoms with Crippen LogP contribution in [-0.2, 0) is 19.6 Å². The van der Waals surface area contributed by atoms with Crippen molar-refractivity contribution in [2.24, 2.45) is 0 Å². The first-order chi connectivity index (χ1) is 14.8. The number of fused-ring (bicyclic) bond motifs is 1. The Hall–Kier alpha value is -3.53. The van der Waals surface area contributed by atoms with E-state index in [1.165, 1.54) is 0 Å². The molecule has 0 aliphatic heterocycles. The maximum atomic E-state index is 6.16. The van der Waals surface area contributed by atoms with Crippen molar-refractivity contribution < 1.29 is 9.47 Å². The minimum Gasteiger partial charge on any atom is -0.494 e. The van der Waals surface area contributed by atoms with Gasteiger partial charge in [0.05, 0.1) is 17.6 Å². The Kier molecular flexibility index (Phi) is 6.45. The van der Waals surface area contributed by atoms with Gasteiger partial charge in [-0.2, -0.15) is 0 Å². The molecule has 4 rings (SSSR count). The predicted octanol–water partition coefficient (Wildman–Crippen LogP) is 5.81. The summed E-state index contributed by atoms with van der Waals surface area (Å²) in [5.74, 6) is 2.70. The molecule has 0 saturated carbocycles. The zero-order chi connectivity index (χ0) is 20.6. The summed E-state index contributed by atoms with van der Waals surface area (Å²) in [5, 5.41) is 0. The summed E-state index contributed by atoms with van der Waals surface area (Å²) in [6.07, 6.45) is 3.56. The molecule has 0 saturated heterocycles. The van der Waals surface area contributed by atoms with E-state index in [-0.39, 0.29) is 0 Å². The van der Waals surface area contributed by atoms with Crippen molar-refractivity contribution in [3.05, 3.63) is 103 Å². The molecule has 3 aromatic carbocycles. The molecule has 4 nitrogen and oxygen atoms in total.